The van der Waals surface area contributed by atoms with Crippen LogP contribution in [-0.4, -0.2) is 19.7 Å². The van der Waals surface area contributed by atoms with Gasteiger partial charge in [0.25, 0.3) is 0 Å². The lowest BCUT2D eigenvalue weighted by atomic mass is 9.89. The molecule has 6 heteroatoms. The third-order valence-corrected chi connectivity index (χ3v) is 5.08. The van der Waals surface area contributed by atoms with E-state index in [0.29, 0.717) is 16.8 Å². The molecule has 0 atom stereocenters. The molecular formula is C18H20ClN5. The standard InChI is InChI=1S/C18H20ClN5/c19-14-8-6-13(7-9-14)16-15-17(20)21-11-22-18(15)24(23-16)10-12-4-2-1-3-5-12/h6-9,11-12H,1-5,10H2,(H2,20,21,22). The van der Waals surface area contributed by atoms with Gasteiger partial charge in [0.05, 0.1) is 5.39 Å². The van der Waals surface area contributed by atoms with Crippen LogP contribution < -0.4 is 5.73 Å². The lowest BCUT2D eigenvalue weighted by Crippen LogP contribution is -2.15. The molecule has 2 N–H and O–H groups in total. The Bertz CT molecular complexity index is 850. The van der Waals surface area contributed by atoms with Crippen LogP contribution in [0.2, 0.25) is 5.02 Å². The first-order chi connectivity index (χ1) is 11.7. The van der Waals surface area contributed by atoms with Gasteiger partial charge in [0.1, 0.15) is 17.8 Å². The number of anilines is 1. The molecule has 4 rings (SSSR count). The first-order valence-corrected chi connectivity index (χ1v) is 8.83. The maximum absolute atomic E-state index is 6.14. The lowest BCUT2D eigenvalue weighted by molar-refractivity contribution is 0.311. The summed E-state index contributed by atoms with van der Waals surface area (Å²) >= 11 is 6.01. The summed E-state index contributed by atoms with van der Waals surface area (Å²) in [6.07, 6.45) is 8.01. The van der Waals surface area contributed by atoms with Gasteiger partial charge in [-0.3, -0.25) is 0 Å². The fraction of sp³-hybridized carbons (Fsp3) is 0.389. The lowest BCUT2D eigenvalue weighted by Gasteiger charge is -2.21. The van der Waals surface area contributed by atoms with E-state index in [4.69, 9.17) is 22.4 Å². The van der Waals surface area contributed by atoms with E-state index in [0.717, 1.165) is 28.8 Å². The predicted octanol–water partition coefficient (Wildman–Crippen LogP) is 4.31. The number of halogens is 1. The van der Waals surface area contributed by atoms with Gasteiger partial charge >= 0.3 is 0 Å². The molecule has 0 unspecified atom stereocenters. The third kappa shape index (κ3) is 2.84. The Morgan fingerprint density at radius 1 is 1.08 bits per heavy atom. The van der Waals surface area contributed by atoms with Gasteiger partial charge in [-0.2, -0.15) is 5.10 Å². The molecule has 0 saturated heterocycles. The molecule has 1 aliphatic carbocycles. The Morgan fingerprint density at radius 2 is 1.83 bits per heavy atom. The minimum absolute atomic E-state index is 0.472. The normalized spacial score (nSPS) is 15.9. The summed E-state index contributed by atoms with van der Waals surface area (Å²) in [7, 11) is 0. The van der Waals surface area contributed by atoms with Crippen molar-refractivity contribution >= 4 is 28.5 Å². The van der Waals surface area contributed by atoms with Crippen molar-refractivity contribution in [2.24, 2.45) is 5.92 Å². The highest BCUT2D eigenvalue weighted by Crippen LogP contribution is 2.32. The van der Waals surface area contributed by atoms with Crippen LogP contribution in [0, 0.1) is 5.92 Å². The monoisotopic (exact) mass is 341 g/mol. The van der Waals surface area contributed by atoms with E-state index in [9.17, 15) is 0 Å². The van der Waals surface area contributed by atoms with Crippen molar-refractivity contribution in [2.45, 2.75) is 38.6 Å². The smallest absolute Gasteiger partial charge is 0.163 e. The van der Waals surface area contributed by atoms with Gasteiger partial charge in [-0.25, -0.2) is 14.6 Å². The number of hydrogen-bond donors (Lipinski definition) is 1. The molecule has 1 aromatic carbocycles. The molecule has 1 fully saturated rings. The zero-order valence-corrected chi connectivity index (χ0v) is 14.2. The van der Waals surface area contributed by atoms with Crippen molar-refractivity contribution < 1.29 is 0 Å². The van der Waals surface area contributed by atoms with Crippen molar-refractivity contribution in [3.05, 3.63) is 35.6 Å². The fourth-order valence-corrected chi connectivity index (χ4v) is 3.71. The molecular weight excluding hydrogens is 322 g/mol. The molecule has 124 valence electrons. The Morgan fingerprint density at radius 3 is 2.58 bits per heavy atom. The first-order valence-electron chi connectivity index (χ1n) is 8.45. The minimum atomic E-state index is 0.472. The molecule has 2 heterocycles. The molecule has 2 aromatic heterocycles. The summed E-state index contributed by atoms with van der Waals surface area (Å²) in [6.45, 7) is 0.889. The third-order valence-electron chi connectivity index (χ3n) is 4.83. The van der Waals surface area contributed by atoms with E-state index in [2.05, 4.69) is 9.97 Å². The van der Waals surface area contributed by atoms with E-state index in [1.807, 2.05) is 28.9 Å². The zero-order valence-electron chi connectivity index (χ0n) is 13.5. The number of fused-ring (bicyclic) bond motifs is 1. The second kappa shape index (κ2) is 6.40. The molecule has 3 aromatic rings. The highest BCUT2D eigenvalue weighted by atomic mass is 35.5. The van der Waals surface area contributed by atoms with E-state index in [1.54, 1.807) is 0 Å². The van der Waals surface area contributed by atoms with Gasteiger partial charge in [-0.05, 0) is 30.9 Å². The molecule has 0 aliphatic heterocycles. The summed E-state index contributed by atoms with van der Waals surface area (Å²) in [5.41, 5.74) is 8.77. The number of rotatable bonds is 3. The van der Waals surface area contributed by atoms with Crippen molar-refractivity contribution in [3.8, 4) is 11.3 Å². The van der Waals surface area contributed by atoms with Gasteiger partial charge < -0.3 is 5.73 Å². The topological polar surface area (TPSA) is 69.6 Å². The second-order valence-electron chi connectivity index (χ2n) is 6.50. The molecule has 0 bridgehead atoms. The summed E-state index contributed by atoms with van der Waals surface area (Å²) in [6, 6.07) is 7.65. The predicted molar refractivity (Wildman–Crippen MR) is 96.8 cm³/mol. The van der Waals surface area contributed by atoms with Crippen LogP contribution in [0.5, 0.6) is 0 Å². The number of benzene rings is 1. The first kappa shape index (κ1) is 15.4. The van der Waals surface area contributed by atoms with Crippen molar-refractivity contribution in [2.75, 3.05) is 5.73 Å². The van der Waals surface area contributed by atoms with Gasteiger partial charge in [0.15, 0.2) is 5.65 Å². The molecule has 1 aliphatic rings. The van der Waals surface area contributed by atoms with E-state index in [-0.39, 0.29) is 0 Å². The maximum atomic E-state index is 6.14. The van der Waals surface area contributed by atoms with Crippen LogP contribution >= 0.6 is 11.6 Å². The van der Waals surface area contributed by atoms with Crippen LogP contribution in [0.1, 0.15) is 32.1 Å². The van der Waals surface area contributed by atoms with Crippen LogP contribution in [0.25, 0.3) is 22.3 Å². The van der Waals surface area contributed by atoms with Gasteiger partial charge in [-0.1, -0.05) is 43.0 Å². The Hall–Kier alpha value is -2.14. The molecule has 0 amide bonds. The van der Waals surface area contributed by atoms with Gasteiger partial charge in [0, 0.05) is 17.1 Å². The van der Waals surface area contributed by atoms with E-state index >= 15 is 0 Å². The molecule has 5 nitrogen and oxygen atoms in total. The SMILES string of the molecule is Nc1ncnc2c1c(-c1ccc(Cl)cc1)nn2CC1CCCCC1. The van der Waals surface area contributed by atoms with Crippen LogP contribution in [0.3, 0.4) is 0 Å². The highest BCUT2D eigenvalue weighted by Gasteiger charge is 2.20. The molecule has 0 radical (unpaired) electrons. The van der Waals surface area contributed by atoms with E-state index in [1.165, 1.54) is 38.4 Å². The fourth-order valence-electron chi connectivity index (χ4n) is 3.58. The Kier molecular flexibility index (Phi) is 4.10. The van der Waals surface area contributed by atoms with Crippen molar-refractivity contribution in [1.82, 2.24) is 19.7 Å². The second-order valence-corrected chi connectivity index (χ2v) is 6.94. The van der Waals surface area contributed by atoms with Gasteiger partial charge in [0.2, 0.25) is 0 Å². The largest absolute Gasteiger partial charge is 0.383 e. The number of nitrogens with zero attached hydrogens (tertiary/aromatic N) is 4. The number of aromatic nitrogens is 4. The molecule has 1 saturated carbocycles. The molecule has 0 spiro atoms. The summed E-state index contributed by atoms with van der Waals surface area (Å²) in [4.78, 5) is 8.61. The number of nitrogens with two attached hydrogens (primary N) is 1. The summed E-state index contributed by atoms with van der Waals surface area (Å²) < 4.78 is 2.01. The van der Waals surface area contributed by atoms with Gasteiger partial charge in [-0.15, -0.1) is 0 Å². The van der Waals surface area contributed by atoms with E-state index < -0.39 is 0 Å². The van der Waals surface area contributed by atoms with Crippen LogP contribution in [-0.2, 0) is 6.54 Å². The summed E-state index contributed by atoms with van der Waals surface area (Å²) in [5.74, 6) is 1.14. The molecule has 24 heavy (non-hydrogen) atoms. The minimum Gasteiger partial charge on any atom is -0.383 e. The average molecular weight is 342 g/mol. The number of hydrogen-bond acceptors (Lipinski definition) is 4. The van der Waals surface area contributed by atoms with Crippen LogP contribution in [0.4, 0.5) is 5.82 Å². The van der Waals surface area contributed by atoms with Crippen molar-refractivity contribution in [1.29, 1.82) is 0 Å². The number of nitrogen functional groups attached to an aromatic ring is 1. The quantitative estimate of drug-likeness (QED) is 0.770. The maximum Gasteiger partial charge on any atom is 0.163 e. The summed E-state index contributed by atoms with van der Waals surface area (Å²) in [5, 5.41) is 6.37. The zero-order chi connectivity index (χ0) is 16.5. The Balaban J connectivity index is 1.80. The Labute approximate surface area is 145 Å². The van der Waals surface area contributed by atoms with Crippen LogP contribution in [0.15, 0.2) is 30.6 Å². The average Bonchev–Trinajstić information content (AvgIpc) is 2.97. The highest BCUT2D eigenvalue weighted by molar-refractivity contribution is 6.30. The van der Waals surface area contributed by atoms with Crippen molar-refractivity contribution in [3.63, 3.8) is 0 Å².